The van der Waals surface area contributed by atoms with Crippen LogP contribution in [0.5, 0.6) is 0 Å². The molecule has 3 aliphatic heterocycles. The number of aromatic amines is 1. The van der Waals surface area contributed by atoms with Crippen LogP contribution in [0.2, 0.25) is 0 Å². The third-order valence-electron chi connectivity index (χ3n) is 6.77. The highest BCUT2D eigenvalue weighted by Crippen LogP contribution is 2.40. The highest BCUT2D eigenvalue weighted by atomic mass is 16.5. The Hall–Kier alpha value is -2.26. The first kappa shape index (κ1) is 21.0. The number of amides is 2. The predicted octanol–water partition coefficient (Wildman–Crippen LogP) is -0.288. The summed E-state index contributed by atoms with van der Waals surface area (Å²) in [4.78, 5) is 51.2. The number of ether oxygens (including phenoxy) is 1. The maximum absolute atomic E-state index is 13.2. The van der Waals surface area contributed by atoms with Crippen LogP contribution < -0.4 is 5.56 Å². The number of likely N-dealkylation sites (tertiary alicyclic amines) is 2. The summed E-state index contributed by atoms with van der Waals surface area (Å²) < 4.78 is 5.38. The normalized spacial score (nSPS) is 24.9. The van der Waals surface area contributed by atoms with E-state index in [4.69, 9.17) is 4.74 Å². The van der Waals surface area contributed by atoms with Gasteiger partial charge in [-0.1, -0.05) is 0 Å². The standard InChI is InChI=1S/C21H31N5O4/c1-15-17(19(28)23-16(2)22-15)13-18(27)26-6-4-21(14-26)3-5-25(20(21)29)8-7-24-9-11-30-12-10-24/h3-14H2,1-2H3,(H,22,23,28). The van der Waals surface area contributed by atoms with Crippen molar-refractivity contribution in [3.63, 3.8) is 0 Å². The monoisotopic (exact) mass is 417 g/mol. The Morgan fingerprint density at radius 2 is 1.83 bits per heavy atom. The molecule has 1 N–H and O–H groups in total. The predicted molar refractivity (Wildman–Crippen MR) is 110 cm³/mol. The number of rotatable bonds is 5. The summed E-state index contributed by atoms with van der Waals surface area (Å²) in [6.45, 7) is 10.2. The van der Waals surface area contributed by atoms with Gasteiger partial charge in [0.15, 0.2) is 0 Å². The second kappa shape index (κ2) is 8.47. The number of aromatic nitrogens is 2. The average Bonchev–Trinajstić information content (AvgIpc) is 3.29. The van der Waals surface area contributed by atoms with Gasteiger partial charge in [0, 0.05) is 57.1 Å². The van der Waals surface area contributed by atoms with Crippen molar-refractivity contribution in [3.05, 3.63) is 27.4 Å². The van der Waals surface area contributed by atoms with Crippen molar-refractivity contribution >= 4 is 11.8 Å². The van der Waals surface area contributed by atoms with Crippen molar-refractivity contribution in [3.8, 4) is 0 Å². The number of aryl methyl sites for hydroxylation is 2. The van der Waals surface area contributed by atoms with Crippen molar-refractivity contribution in [2.75, 3.05) is 59.0 Å². The van der Waals surface area contributed by atoms with Gasteiger partial charge in [0.05, 0.1) is 25.0 Å². The van der Waals surface area contributed by atoms with E-state index in [9.17, 15) is 14.4 Å². The fraction of sp³-hybridized carbons (Fsp3) is 0.714. The SMILES string of the molecule is Cc1nc(C)c(CC(=O)N2CCC3(CCN(CCN4CCOCC4)C3=O)C2)c(=O)[nH]1. The van der Waals surface area contributed by atoms with Crippen LogP contribution >= 0.6 is 0 Å². The lowest BCUT2D eigenvalue weighted by Gasteiger charge is -2.29. The lowest BCUT2D eigenvalue weighted by atomic mass is 9.85. The van der Waals surface area contributed by atoms with Crippen LogP contribution in [0, 0.1) is 19.3 Å². The van der Waals surface area contributed by atoms with Crippen molar-refractivity contribution in [2.45, 2.75) is 33.1 Å². The number of carbonyl (C=O) groups excluding carboxylic acids is 2. The van der Waals surface area contributed by atoms with Gasteiger partial charge >= 0.3 is 0 Å². The Kier molecular flexibility index (Phi) is 5.92. The highest BCUT2D eigenvalue weighted by molar-refractivity contribution is 5.87. The first-order valence-electron chi connectivity index (χ1n) is 10.8. The van der Waals surface area contributed by atoms with Crippen molar-refractivity contribution in [1.82, 2.24) is 24.7 Å². The van der Waals surface area contributed by atoms with Crippen LogP contribution in [0.15, 0.2) is 4.79 Å². The number of morpholine rings is 1. The molecular weight excluding hydrogens is 386 g/mol. The van der Waals surface area contributed by atoms with Crippen LogP contribution in [0.4, 0.5) is 0 Å². The van der Waals surface area contributed by atoms with E-state index in [-0.39, 0.29) is 23.8 Å². The molecule has 0 aliphatic carbocycles. The molecule has 0 bridgehead atoms. The maximum Gasteiger partial charge on any atom is 0.254 e. The molecule has 2 amide bonds. The Morgan fingerprint density at radius 1 is 1.10 bits per heavy atom. The molecule has 0 radical (unpaired) electrons. The lowest BCUT2D eigenvalue weighted by Crippen LogP contribution is -2.44. The van der Waals surface area contributed by atoms with E-state index in [1.165, 1.54) is 0 Å². The zero-order valence-corrected chi connectivity index (χ0v) is 17.9. The Bertz CT molecular complexity index is 879. The van der Waals surface area contributed by atoms with Gasteiger partial charge in [0.25, 0.3) is 5.56 Å². The molecule has 3 aliphatic rings. The van der Waals surface area contributed by atoms with E-state index >= 15 is 0 Å². The van der Waals surface area contributed by atoms with Gasteiger partial charge in [0.1, 0.15) is 5.82 Å². The summed E-state index contributed by atoms with van der Waals surface area (Å²) in [5.41, 5.74) is 0.294. The molecule has 3 fully saturated rings. The van der Waals surface area contributed by atoms with Crippen molar-refractivity contribution in [1.29, 1.82) is 0 Å². The van der Waals surface area contributed by atoms with E-state index in [0.717, 1.165) is 52.4 Å². The first-order valence-corrected chi connectivity index (χ1v) is 10.8. The van der Waals surface area contributed by atoms with E-state index in [1.54, 1.807) is 18.7 Å². The number of hydrogen-bond acceptors (Lipinski definition) is 6. The van der Waals surface area contributed by atoms with Crippen LogP contribution in [-0.4, -0.2) is 95.5 Å². The molecule has 4 heterocycles. The van der Waals surface area contributed by atoms with Gasteiger partial charge in [-0.25, -0.2) is 4.98 Å². The van der Waals surface area contributed by atoms with Crippen LogP contribution in [0.25, 0.3) is 0 Å². The molecule has 1 spiro atoms. The zero-order chi connectivity index (χ0) is 21.3. The van der Waals surface area contributed by atoms with Gasteiger partial charge in [-0.3, -0.25) is 19.3 Å². The summed E-state index contributed by atoms with van der Waals surface area (Å²) in [5.74, 6) is 0.616. The minimum absolute atomic E-state index is 0.0272. The number of nitrogens with zero attached hydrogens (tertiary/aromatic N) is 4. The molecule has 9 heteroatoms. The molecule has 30 heavy (non-hydrogen) atoms. The van der Waals surface area contributed by atoms with Gasteiger partial charge in [-0.15, -0.1) is 0 Å². The molecule has 4 rings (SSSR count). The molecular formula is C21H31N5O4. The van der Waals surface area contributed by atoms with Crippen LogP contribution in [-0.2, 0) is 20.7 Å². The third-order valence-corrected chi connectivity index (χ3v) is 6.77. The Balaban J connectivity index is 1.35. The van der Waals surface area contributed by atoms with Gasteiger partial charge < -0.3 is 19.5 Å². The second-order valence-electron chi connectivity index (χ2n) is 8.73. The lowest BCUT2D eigenvalue weighted by molar-refractivity contribution is -0.136. The fourth-order valence-corrected chi connectivity index (χ4v) is 4.88. The summed E-state index contributed by atoms with van der Waals surface area (Å²) in [6.07, 6.45) is 1.52. The molecule has 0 saturated carbocycles. The molecule has 1 aromatic rings. The fourth-order valence-electron chi connectivity index (χ4n) is 4.88. The van der Waals surface area contributed by atoms with Crippen LogP contribution in [0.1, 0.15) is 29.9 Å². The molecule has 3 saturated heterocycles. The molecule has 1 unspecified atom stereocenters. The van der Waals surface area contributed by atoms with E-state index < -0.39 is 5.41 Å². The van der Waals surface area contributed by atoms with E-state index in [0.29, 0.717) is 36.6 Å². The number of H-pyrrole nitrogens is 1. The highest BCUT2D eigenvalue weighted by Gasteiger charge is 2.51. The largest absolute Gasteiger partial charge is 0.379 e. The number of nitrogens with one attached hydrogen (secondary N) is 1. The minimum Gasteiger partial charge on any atom is -0.379 e. The van der Waals surface area contributed by atoms with Crippen molar-refractivity contribution in [2.24, 2.45) is 5.41 Å². The summed E-state index contributed by atoms with van der Waals surface area (Å²) in [7, 11) is 0. The smallest absolute Gasteiger partial charge is 0.254 e. The summed E-state index contributed by atoms with van der Waals surface area (Å²) in [5, 5.41) is 0. The summed E-state index contributed by atoms with van der Waals surface area (Å²) in [6, 6.07) is 0. The first-order chi connectivity index (χ1) is 14.4. The zero-order valence-electron chi connectivity index (χ0n) is 17.9. The maximum atomic E-state index is 13.2. The van der Waals surface area contributed by atoms with Gasteiger partial charge in [-0.05, 0) is 26.7 Å². The van der Waals surface area contributed by atoms with Gasteiger partial charge in [-0.2, -0.15) is 0 Å². The molecule has 1 atom stereocenters. The van der Waals surface area contributed by atoms with E-state index in [2.05, 4.69) is 14.9 Å². The summed E-state index contributed by atoms with van der Waals surface area (Å²) >= 11 is 0. The second-order valence-corrected chi connectivity index (χ2v) is 8.73. The topological polar surface area (TPSA) is 98.8 Å². The minimum atomic E-state index is -0.451. The number of carbonyl (C=O) groups is 2. The third kappa shape index (κ3) is 4.13. The Morgan fingerprint density at radius 3 is 2.57 bits per heavy atom. The molecule has 1 aromatic heterocycles. The molecule has 9 nitrogen and oxygen atoms in total. The quantitative estimate of drug-likeness (QED) is 0.707. The molecule has 164 valence electrons. The average molecular weight is 418 g/mol. The number of hydrogen-bond donors (Lipinski definition) is 1. The Labute approximate surface area is 176 Å². The van der Waals surface area contributed by atoms with Crippen molar-refractivity contribution < 1.29 is 14.3 Å². The van der Waals surface area contributed by atoms with E-state index in [1.807, 2.05) is 4.90 Å². The van der Waals surface area contributed by atoms with Crippen LogP contribution in [0.3, 0.4) is 0 Å². The van der Waals surface area contributed by atoms with Gasteiger partial charge in [0.2, 0.25) is 11.8 Å². The molecule has 0 aromatic carbocycles.